The molecular weight excluding hydrogens is 190 g/mol. The van der Waals surface area contributed by atoms with Crippen LogP contribution >= 0.6 is 0 Å². The molecule has 1 aromatic carbocycles. The molecule has 0 saturated heterocycles. The predicted molar refractivity (Wildman–Crippen MR) is 57.2 cm³/mol. The molecule has 1 aromatic heterocycles. The summed E-state index contributed by atoms with van der Waals surface area (Å²) in [5.41, 5.74) is 3.09. The minimum atomic E-state index is 0.619. The number of benzene rings is 1. The Morgan fingerprint density at radius 1 is 1.40 bits per heavy atom. The topological polar surface area (TPSA) is 39.9 Å². The van der Waals surface area contributed by atoms with Gasteiger partial charge in [-0.2, -0.15) is 15.0 Å². The zero-order chi connectivity index (χ0) is 10.7. The Kier molecular flexibility index (Phi) is 2.78. The molecule has 0 saturated carbocycles. The highest BCUT2D eigenvalue weighted by Crippen LogP contribution is 2.17. The highest BCUT2D eigenvalue weighted by molar-refractivity contribution is 5.58. The fourth-order valence-electron chi connectivity index (χ4n) is 1.47. The van der Waals surface area contributed by atoms with Gasteiger partial charge in [0.1, 0.15) is 5.69 Å². The zero-order valence-corrected chi connectivity index (χ0v) is 8.84. The van der Waals surface area contributed by atoms with Crippen LogP contribution in [-0.4, -0.2) is 22.1 Å². The van der Waals surface area contributed by atoms with Gasteiger partial charge in [-0.1, -0.05) is 18.2 Å². The van der Waals surface area contributed by atoms with Crippen LogP contribution in [0.4, 0.5) is 0 Å². The summed E-state index contributed by atoms with van der Waals surface area (Å²) in [4.78, 5) is 1.55. The van der Waals surface area contributed by atoms with E-state index in [1.165, 1.54) is 0 Å². The maximum atomic E-state index is 5.08. The van der Waals surface area contributed by atoms with Gasteiger partial charge in [-0.05, 0) is 11.6 Å². The van der Waals surface area contributed by atoms with Crippen molar-refractivity contribution in [2.75, 3.05) is 7.11 Å². The molecule has 2 rings (SSSR count). The number of aryl methyl sites for hydroxylation is 1. The van der Waals surface area contributed by atoms with Gasteiger partial charge in [-0.15, -0.1) is 0 Å². The van der Waals surface area contributed by atoms with Crippen molar-refractivity contribution in [2.24, 2.45) is 7.05 Å². The highest BCUT2D eigenvalue weighted by atomic mass is 16.5. The monoisotopic (exact) mass is 203 g/mol. The minimum Gasteiger partial charge on any atom is -0.380 e. The van der Waals surface area contributed by atoms with Crippen molar-refractivity contribution in [1.29, 1.82) is 0 Å². The predicted octanol–water partition coefficient (Wildman–Crippen LogP) is 1.63. The van der Waals surface area contributed by atoms with E-state index in [2.05, 4.69) is 16.3 Å². The molecule has 0 fully saturated rings. The molecule has 4 heteroatoms. The van der Waals surface area contributed by atoms with E-state index < -0.39 is 0 Å². The van der Waals surface area contributed by atoms with Gasteiger partial charge in [0.15, 0.2) is 0 Å². The first kappa shape index (κ1) is 9.86. The first-order valence-electron chi connectivity index (χ1n) is 4.74. The Morgan fingerprint density at radius 3 is 2.93 bits per heavy atom. The van der Waals surface area contributed by atoms with Crippen molar-refractivity contribution in [2.45, 2.75) is 6.61 Å². The van der Waals surface area contributed by atoms with Gasteiger partial charge in [0.05, 0.1) is 12.8 Å². The quantitative estimate of drug-likeness (QED) is 0.761. The molecular formula is C11H13N3O. The molecule has 1 heterocycles. The number of ether oxygens (including phenoxy) is 1. The fourth-order valence-corrected chi connectivity index (χ4v) is 1.47. The molecule has 0 aliphatic heterocycles. The van der Waals surface area contributed by atoms with Crippen LogP contribution in [-0.2, 0) is 18.4 Å². The molecule has 2 aromatic rings. The number of aromatic nitrogens is 3. The van der Waals surface area contributed by atoms with E-state index in [4.69, 9.17) is 4.74 Å². The summed E-state index contributed by atoms with van der Waals surface area (Å²) in [6.07, 6.45) is 1.76. The van der Waals surface area contributed by atoms with Crippen molar-refractivity contribution in [1.82, 2.24) is 15.0 Å². The maximum Gasteiger partial charge on any atom is 0.113 e. The third-order valence-corrected chi connectivity index (χ3v) is 2.13. The molecule has 78 valence electrons. The number of nitrogens with zero attached hydrogens (tertiary/aromatic N) is 3. The molecule has 0 bridgehead atoms. The van der Waals surface area contributed by atoms with Crippen molar-refractivity contribution >= 4 is 0 Å². The first-order chi connectivity index (χ1) is 7.29. The standard InChI is InChI=1S/C11H13N3O/c1-14-12-7-11(13-14)10-5-3-4-9(6-10)8-15-2/h3-7H,8H2,1-2H3. The molecule has 0 aliphatic carbocycles. The van der Waals surface area contributed by atoms with Gasteiger partial charge < -0.3 is 4.74 Å². The van der Waals surface area contributed by atoms with E-state index in [1.807, 2.05) is 25.2 Å². The molecule has 4 nitrogen and oxygen atoms in total. The van der Waals surface area contributed by atoms with E-state index in [1.54, 1.807) is 18.1 Å². The second-order valence-corrected chi connectivity index (χ2v) is 3.35. The SMILES string of the molecule is COCc1cccc(-c2cnn(C)n2)c1. The Balaban J connectivity index is 2.32. The summed E-state index contributed by atoms with van der Waals surface area (Å²) < 4.78 is 5.08. The molecule has 0 radical (unpaired) electrons. The zero-order valence-electron chi connectivity index (χ0n) is 8.84. The van der Waals surface area contributed by atoms with Gasteiger partial charge in [0, 0.05) is 19.7 Å². The van der Waals surface area contributed by atoms with Crippen LogP contribution in [0, 0.1) is 0 Å². The summed E-state index contributed by atoms with van der Waals surface area (Å²) in [6.45, 7) is 0.619. The molecule has 0 amide bonds. The van der Waals surface area contributed by atoms with Crippen LogP contribution in [0.3, 0.4) is 0 Å². The van der Waals surface area contributed by atoms with Crippen LogP contribution in [0.1, 0.15) is 5.56 Å². The summed E-state index contributed by atoms with van der Waals surface area (Å²) in [5.74, 6) is 0. The van der Waals surface area contributed by atoms with Gasteiger partial charge >= 0.3 is 0 Å². The lowest BCUT2D eigenvalue weighted by molar-refractivity contribution is 0.185. The van der Waals surface area contributed by atoms with Crippen LogP contribution in [0.2, 0.25) is 0 Å². The molecule has 0 aliphatic rings. The summed E-state index contributed by atoms with van der Waals surface area (Å²) in [5, 5.41) is 8.29. The van der Waals surface area contributed by atoms with Gasteiger partial charge in [0.25, 0.3) is 0 Å². The van der Waals surface area contributed by atoms with E-state index in [9.17, 15) is 0 Å². The van der Waals surface area contributed by atoms with Crippen molar-refractivity contribution in [3.63, 3.8) is 0 Å². The van der Waals surface area contributed by atoms with Crippen LogP contribution in [0.5, 0.6) is 0 Å². The van der Waals surface area contributed by atoms with E-state index in [-0.39, 0.29) is 0 Å². The number of hydrogen-bond acceptors (Lipinski definition) is 3. The molecule has 0 N–H and O–H groups in total. The van der Waals surface area contributed by atoms with Crippen molar-refractivity contribution in [3.8, 4) is 11.3 Å². The van der Waals surface area contributed by atoms with E-state index in [0.717, 1.165) is 16.8 Å². The third-order valence-electron chi connectivity index (χ3n) is 2.13. The Bertz CT molecular complexity index is 451. The molecule has 0 atom stereocenters. The average Bonchev–Trinajstić information content (AvgIpc) is 2.66. The third kappa shape index (κ3) is 2.22. The smallest absolute Gasteiger partial charge is 0.113 e. The van der Waals surface area contributed by atoms with E-state index >= 15 is 0 Å². The van der Waals surface area contributed by atoms with Crippen molar-refractivity contribution < 1.29 is 4.74 Å². The van der Waals surface area contributed by atoms with Crippen molar-refractivity contribution in [3.05, 3.63) is 36.0 Å². The van der Waals surface area contributed by atoms with Crippen LogP contribution in [0.25, 0.3) is 11.3 Å². The maximum absolute atomic E-state index is 5.08. The highest BCUT2D eigenvalue weighted by Gasteiger charge is 2.02. The lowest BCUT2D eigenvalue weighted by Gasteiger charge is -2.01. The molecule has 0 unspecified atom stereocenters. The lowest BCUT2D eigenvalue weighted by Crippen LogP contribution is -1.92. The lowest BCUT2D eigenvalue weighted by atomic mass is 10.1. The summed E-state index contributed by atoms with van der Waals surface area (Å²) in [6, 6.07) is 8.11. The van der Waals surface area contributed by atoms with E-state index in [0.29, 0.717) is 6.61 Å². The normalized spacial score (nSPS) is 10.5. The minimum absolute atomic E-state index is 0.619. The number of methoxy groups -OCH3 is 1. The Hall–Kier alpha value is -1.68. The second-order valence-electron chi connectivity index (χ2n) is 3.35. The van der Waals surface area contributed by atoms with Crippen LogP contribution < -0.4 is 0 Å². The number of rotatable bonds is 3. The van der Waals surface area contributed by atoms with Gasteiger partial charge in [0.2, 0.25) is 0 Å². The number of hydrogen-bond donors (Lipinski definition) is 0. The summed E-state index contributed by atoms with van der Waals surface area (Å²) >= 11 is 0. The van der Waals surface area contributed by atoms with Gasteiger partial charge in [-0.25, -0.2) is 0 Å². The molecule has 15 heavy (non-hydrogen) atoms. The first-order valence-corrected chi connectivity index (χ1v) is 4.74. The summed E-state index contributed by atoms with van der Waals surface area (Å²) in [7, 11) is 3.50. The fraction of sp³-hybridized carbons (Fsp3) is 0.273. The Morgan fingerprint density at radius 2 is 2.27 bits per heavy atom. The van der Waals surface area contributed by atoms with Crippen LogP contribution in [0.15, 0.2) is 30.5 Å². The van der Waals surface area contributed by atoms with Gasteiger partial charge in [-0.3, -0.25) is 0 Å². The average molecular weight is 203 g/mol. The Labute approximate surface area is 88.5 Å². The largest absolute Gasteiger partial charge is 0.380 e. The molecule has 0 spiro atoms. The second kappa shape index (κ2) is 4.23.